The number of fused-ring (bicyclic) bond motifs is 3. The average Bonchev–Trinajstić information content (AvgIpc) is 3.62. The highest BCUT2D eigenvalue weighted by molar-refractivity contribution is 5.83. The number of aromatic nitrogens is 2. The van der Waals surface area contributed by atoms with E-state index in [0.29, 0.717) is 12.2 Å². The molecule has 2 aromatic heterocycles. The van der Waals surface area contributed by atoms with Gasteiger partial charge in [-0.2, -0.15) is 0 Å². The van der Waals surface area contributed by atoms with Gasteiger partial charge in [0, 0.05) is 44.1 Å². The van der Waals surface area contributed by atoms with Gasteiger partial charge in [-0.1, -0.05) is 54.6 Å². The molecule has 2 heterocycles. The van der Waals surface area contributed by atoms with E-state index < -0.39 is 0 Å². The summed E-state index contributed by atoms with van der Waals surface area (Å²) in [6, 6.07) is 22.0. The van der Waals surface area contributed by atoms with Crippen LogP contribution in [0.5, 0.6) is 0 Å². The lowest BCUT2D eigenvalue weighted by Crippen LogP contribution is -1.96. The monoisotopic (exact) mass is 457 g/mol. The van der Waals surface area contributed by atoms with E-state index >= 15 is 0 Å². The quantitative estimate of drug-likeness (QED) is 0.266. The zero-order valence-corrected chi connectivity index (χ0v) is 19.9. The Labute approximate surface area is 206 Å². The van der Waals surface area contributed by atoms with E-state index in [1.807, 2.05) is 67.3 Å². The SMILES string of the molecule is Cn1ccc2ccc(CN)cc21.[C-]#[N+]c1ccc2c(c1)CC=C2.[C-]#[N+]c1ccc2ccn(C)c2c1. The fourth-order valence-corrected chi connectivity index (χ4v) is 4.07. The van der Waals surface area contributed by atoms with E-state index in [9.17, 15) is 0 Å². The van der Waals surface area contributed by atoms with Gasteiger partial charge in [-0.05, 0) is 58.1 Å². The van der Waals surface area contributed by atoms with Crippen LogP contribution in [-0.4, -0.2) is 9.13 Å². The molecule has 0 unspecified atom stereocenters. The molecule has 0 radical (unpaired) electrons. The number of hydrogen-bond donors (Lipinski definition) is 1. The fourth-order valence-electron chi connectivity index (χ4n) is 4.07. The van der Waals surface area contributed by atoms with Gasteiger partial charge in [0.1, 0.15) is 0 Å². The third-order valence-electron chi connectivity index (χ3n) is 6.08. The first-order chi connectivity index (χ1) is 17.0. The van der Waals surface area contributed by atoms with Crippen LogP contribution in [0, 0.1) is 13.1 Å². The third-order valence-corrected chi connectivity index (χ3v) is 6.08. The maximum Gasteiger partial charge on any atom is 0.189 e. The molecular weight excluding hydrogens is 430 g/mol. The van der Waals surface area contributed by atoms with Crippen molar-refractivity contribution < 1.29 is 0 Å². The van der Waals surface area contributed by atoms with Crippen LogP contribution in [0.25, 0.3) is 37.6 Å². The Morgan fingerprint density at radius 2 is 1.37 bits per heavy atom. The Kier molecular flexibility index (Phi) is 7.12. The molecule has 0 saturated heterocycles. The summed E-state index contributed by atoms with van der Waals surface area (Å²) < 4.78 is 4.12. The van der Waals surface area contributed by atoms with E-state index in [-0.39, 0.29) is 0 Å². The number of benzene rings is 3. The van der Waals surface area contributed by atoms with Crippen LogP contribution in [0.3, 0.4) is 0 Å². The zero-order valence-electron chi connectivity index (χ0n) is 19.9. The Morgan fingerprint density at radius 3 is 2.03 bits per heavy atom. The second-order valence-corrected chi connectivity index (χ2v) is 8.41. The number of rotatable bonds is 1. The Bertz CT molecular complexity index is 1600. The van der Waals surface area contributed by atoms with Gasteiger partial charge < -0.3 is 14.9 Å². The molecule has 0 atom stereocenters. The number of nitrogens with two attached hydrogens (primary N) is 1. The van der Waals surface area contributed by atoms with Crippen LogP contribution >= 0.6 is 0 Å². The lowest BCUT2D eigenvalue weighted by atomic mass is 10.1. The Morgan fingerprint density at radius 1 is 0.771 bits per heavy atom. The molecule has 6 rings (SSSR count). The normalized spacial score (nSPS) is 11.1. The number of hydrogen-bond acceptors (Lipinski definition) is 1. The molecule has 0 bridgehead atoms. The molecule has 0 fully saturated rings. The summed E-state index contributed by atoms with van der Waals surface area (Å²) in [5.41, 5.74) is 13.1. The lowest BCUT2D eigenvalue weighted by molar-refractivity contribution is 0.965. The van der Waals surface area contributed by atoms with E-state index in [0.717, 1.165) is 17.6 Å². The minimum Gasteiger partial charge on any atom is -0.352 e. The highest BCUT2D eigenvalue weighted by Gasteiger charge is 2.04. The molecule has 0 saturated carbocycles. The summed E-state index contributed by atoms with van der Waals surface area (Å²) in [4.78, 5) is 6.75. The molecule has 5 aromatic rings. The maximum absolute atomic E-state index is 6.86. The smallest absolute Gasteiger partial charge is 0.189 e. The van der Waals surface area contributed by atoms with Gasteiger partial charge in [0.25, 0.3) is 0 Å². The summed E-state index contributed by atoms with van der Waals surface area (Å²) in [6.45, 7) is 14.3. The number of nitrogens with zero attached hydrogens (tertiary/aromatic N) is 4. The molecule has 1 aliphatic carbocycles. The van der Waals surface area contributed by atoms with E-state index in [1.165, 1.54) is 33.0 Å². The predicted octanol–water partition coefficient (Wildman–Crippen LogP) is 7.17. The number of allylic oxidation sites excluding steroid dienone is 1. The highest BCUT2D eigenvalue weighted by Crippen LogP contribution is 2.24. The minimum absolute atomic E-state index is 0.612. The minimum atomic E-state index is 0.612. The van der Waals surface area contributed by atoms with Crippen LogP contribution in [0.4, 0.5) is 11.4 Å². The summed E-state index contributed by atoms with van der Waals surface area (Å²) in [6.07, 6.45) is 9.27. The topological polar surface area (TPSA) is 44.6 Å². The first-order valence-electron chi connectivity index (χ1n) is 11.4. The van der Waals surface area contributed by atoms with Crippen LogP contribution in [0.15, 0.2) is 85.2 Å². The van der Waals surface area contributed by atoms with Gasteiger partial charge in [-0.3, -0.25) is 0 Å². The van der Waals surface area contributed by atoms with Crippen molar-refractivity contribution in [3.8, 4) is 0 Å². The van der Waals surface area contributed by atoms with E-state index in [1.54, 1.807) is 0 Å². The summed E-state index contributed by atoms with van der Waals surface area (Å²) in [5, 5.41) is 2.46. The van der Waals surface area contributed by atoms with Crippen molar-refractivity contribution in [3.63, 3.8) is 0 Å². The van der Waals surface area contributed by atoms with Gasteiger partial charge in [0.05, 0.1) is 13.1 Å². The molecule has 2 N–H and O–H groups in total. The third kappa shape index (κ3) is 5.33. The van der Waals surface area contributed by atoms with Gasteiger partial charge in [0.15, 0.2) is 11.4 Å². The van der Waals surface area contributed by atoms with Crippen LogP contribution in [0.1, 0.15) is 16.7 Å². The van der Waals surface area contributed by atoms with Crippen molar-refractivity contribution in [1.29, 1.82) is 0 Å². The Hall–Kier alpha value is -4.58. The molecule has 0 spiro atoms. The molecule has 0 aliphatic heterocycles. The standard InChI is InChI=1S/C10H8N2.C10H12N2.C10H7N/c1-11-9-4-3-8-5-6-12(2)10(8)7-9;1-12-5-4-9-3-2-8(7-11)6-10(9)12;1-11-10-6-5-8-3-2-4-9(8)7-10/h3-7H,2H3;2-6H,7,11H2,1H3;2-3,5-7H,4H2. The molecule has 1 aliphatic rings. The zero-order chi connectivity index (χ0) is 24.8. The number of aryl methyl sites for hydroxylation is 2. The fraction of sp³-hybridized carbons (Fsp3) is 0.133. The van der Waals surface area contributed by atoms with Gasteiger partial charge in [-0.15, -0.1) is 0 Å². The van der Waals surface area contributed by atoms with Crippen LogP contribution in [0.2, 0.25) is 0 Å². The molecule has 35 heavy (non-hydrogen) atoms. The van der Waals surface area contributed by atoms with Crippen LogP contribution in [-0.2, 0) is 27.1 Å². The Balaban J connectivity index is 0.000000124. The highest BCUT2D eigenvalue weighted by atomic mass is 14.9. The summed E-state index contributed by atoms with van der Waals surface area (Å²) in [7, 11) is 4.03. The molecule has 0 amide bonds. The maximum atomic E-state index is 6.86. The second kappa shape index (κ2) is 10.6. The van der Waals surface area contributed by atoms with Crippen molar-refractivity contribution in [1.82, 2.24) is 9.13 Å². The molecule has 5 nitrogen and oxygen atoms in total. The van der Waals surface area contributed by atoms with Crippen molar-refractivity contribution in [3.05, 3.63) is 125 Å². The van der Waals surface area contributed by atoms with Crippen molar-refractivity contribution in [2.75, 3.05) is 0 Å². The molecule has 172 valence electrons. The van der Waals surface area contributed by atoms with Crippen molar-refractivity contribution >= 4 is 39.3 Å². The van der Waals surface area contributed by atoms with Crippen molar-refractivity contribution in [2.45, 2.75) is 13.0 Å². The first-order valence-corrected chi connectivity index (χ1v) is 11.4. The molecule has 5 heteroatoms. The second-order valence-electron chi connectivity index (χ2n) is 8.41. The van der Waals surface area contributed by atoms with Gasteiger partial charge in [0.2, 0.25) is 0 Å². The van der Waals surface area contributed by atoms with Crippen molar-refractivity contribution in [2.24, 2.45) is 19.8 Å². The first kappa shape index (κ1) is 23.6. The average molecular weight is 458 g/mol. The summed E-state index contributed by atoms with van der Waals surface area (Å²) in [5.74, 6) is 0. The molecule has 3 aromatic carbocycles. The predicted molar refractivity (Wildman–Crippen MR) is 145 cm³/mol. The van der Waals surface area contributed by atoms with Gasteiger partial charge in [-0.25, -0.2) is 9.69 Å². The van der Waals surface area contributed by atoms with Gasteiger partial charge >= 0.3 is 0 Å². The largest absolute Gasteiger partial charge is 0.352 e. The summed E-state index contributed by atoms with van der Waals surface area (Å²) >= 11 is 0. The molecular formula is C30H27N5. The lowest BCUT2D eigenvalue weighted by Gasteiger charge is -1.99. The van der Waals surface area contributed by atoms with E-state index in [4.69, 9.17) is 18.9 Å². The van der Waals surface area contributed by atoms with Crippen LogP contribution < -0.4 is 5.73 Å². The van der Waals surface area contributed by atoms with E-state index in [2.05, 4.69) is 56.9 Å².